The standard InChI is InChI=1S/C17H25NO4S/c1-5-6-8-21-16-12-14(2)17(15(3)13-16)22-9-11-23(19)10-7-18-20-4/h5-7,12-13H,8-11H2,1-4H3/b6-5+,18-7+. The van der Waals surface area contributed by atoms with E-state index in [1.807, 2.05) is 45.1 Å². The van der Waals surface area contributed by atoms with E-state index in [0.29, 0.717) is 24.7 Å². The van der Waals surface area contributed by atoms with E-state index in [9.17, 15) is 4.21 Å². The molecule has 0 saturated carbocycles. The summed E-state index contributed by atoms with van der Waals surface area (Å²) in [6, 6.07) is 3.90. The molecular weight excluding hydrogens is 314 g/mol. The van der Waals surface area contributed by atoms with E-state index in [1.165, 1.54) is 13.3 Å². The number of hydrogen-bond donors (Lipinski definition) is 0. The van der Waals surface area contributed by atoms with Gasteiger partial charge in [-0.2, -0.15) is 0 Å². The van der Waals surface area contributed by atoms with Gasteiger partial charge in [-0.05, 0) is 44.0 Å². The van der Waals surface area contributed by atoms with Gasteiger partial charge in [0, 0.05) is 10.8 Å². The maximum atomic E-state index is 11.7. The van der Waals surface area contributed by atoms with E-state index in [2.05, 4.69) is 9.99 Å². The van der Waals surface area contributed by atoms with E-state index in [-0.39, 0.29) is 0 Å². The fraction of sp³-hybridized carbons (Fsp3) is 0.471. The van der Waals surface area contributed by atoms with Crippen LogP contribution in [0.2, 0.25) is 0 Å². The molecule has 0 aliphatic rings. The molecule has 0 aliphatic carbocycles. The highest BCUT2D eigenvalue weighted by Gasteiger charge is 2.08. The summed E-state index contributed by atoms with van der Waals surface area (Å²) in [7, 11) is 0.454. The van der Waals surface area contributed by atoms with Crippen LogP contribution in [0.4, 0.5) is 0 Å². The molecule has 0 heterocycles. The summed E-state index contributed by atoms with van der Waals surface area (Å²) >= 11 is 0. The third-order valence-corrected chi connectivity index (χ3v) is 4.16. The molecule has 0 amide bonds. The first kappa shape index (κ1) is 19.2. The van der Waals surface area contributed by atoms with Crippen molar-refractivity contribution >= 4 is 17.0 Å². The van der Waals surface area contributed by atoms with Crippen molar-refractivity contribution in [2.75, 3.05) is 31.8 Å². The molecule has 0 radical (unpaired) electrons. The number of ether oxygens (including phenoxy) is 2. The van der Waals surface area contributed by atoms with Crippen LogP contribution < -0.4 is 9.47 Å². The molecule has 1 aromatic carbocycles. The molecule has 0 aliphatic heterocycles. The zero-order chi connectivity index (χ0) is 17.1. The zero-order valence-corrected chi connectivity index (χ0v) is 15.0. The molecule has 0 bridgehead atoms. The van der Waals surface area contributed by atoms with Gasteiger partial charge in [-0.15, -0.1) is 0 Å². The van der Waals surface area contributed by atoms with Crippen LogP contribution in [0.25, 0.3) is 0 Å². The monoisotopic (exact) mass is 339 g/mol. The normalized spacial score (nSPS) is 12.7. The van der Waals surface area contributed by atoms with E-state index < -0.39 is 10.8 Å². The van der Waals surface area contributed by atoms with Gasteiger partial charge in [-0.25, -0.2) is 0 Å². The lowest BCUT2D eigenvalue weighted by molar-refractivity contribution is 0.215. The second-order valence-corrected chi connectivity index (χ2v) is 6.52. The number of hydrogen-bond acceptors (Lipinski definition) is 5. The summed E-state index contributed by atoms with van der Waals surface area (Å²) in [5.41, 5.74) is 2.01. The van der Waals surface area contributed by atoms with Gasteiger partial charge >= 0.3 is 0 Å². The van der Waals surface area contributed by atoms with Crippen molar-refractivity contribution < 1.29 is 18.5 Å². The number of benzene rings is 1. The molecular formula is C17H25NO4S. The maximum absolute atomic E-state index is 11.7. The lowest BCUT2D eigenvalue weighted by Gasteiger charge is -2.14. The van der Waals surface area contributed by atoms with Crippen molar-refractivity contribution in [3.63, 3.8) is 0 Å². The van der Waals surface area contributed by atoms with Gasteiger partial charge in [-0.3, -0.25) is 4.21 Å². The second kappa shape index (κ2) is 10.8. The van der Waals surface area contributed by atoms with Crippen LogP contribution in [0.3, 0.4) is 0 Å². The van der Waals surface area contributed by atoms with Gasteiger partial charge in [0.2, 0.25) is 0 Å². The van der Waals surface area contributed by atoms with E-state index in [0.717, 1.165) is 22.6 Å². The molecule has 1 unspecified atom stereocenters. The van der Waals surface area contributed by atoms with Crippen LogP contribution in [-0.2, 0) is 15.6 Å². The molecule has 1 atom stereocenters. The van der Waals surface area contributed by atoms with Crippen LogP contribution in [-0.4, -0.2) is 42.3 Å². The summed E-state index contributed by atoms with van der Waals surface area (Å²) in [5, 5.41) is 3.57. The first-order valence-corrected chi connectivity index (χ1v) is 8.95. The second-order valence-electron chi connectivity index (χ2n) is 4.90. The topological polar surface area (TPSA) is 57.1 Å². The Labute approximate surface area is 140 Å². The molecule has 5 nitrogen and oxygen atoms in total. The van der Waals surface area contributed by atoms with Gasteiger partial charge in [-0.1, -0.05) is 17.3 Å². The fourth-order valence-corrected chi connectivity index (χ4v) is 2.63. The highest BCUT2D eigenvalue weighted by molar-refractivity contribution is 7.85. The quantitative estimate of drug-likeness (QED) is 0.373. The van der Waals surface area contributed by atoms with Crippen LogP contribution >= 0.6 is 0 Å². The minimum Gasteiger partial charge on any atom is -0.492 e. The number of allylic oxidation sites excluding steroid dienone is 1. The fourth-order valence-electron chi connectivity index (χ4n) is 1.97. The van der Waals surface area contributed by atoms with Crippen LogP contribution in [0.5, 0.6) is 11.5 Å². The molecule has 23 heavy (non-hydrogen) atoms. The zero-order valence-electron chi connectivity index (χ0n) is 14.2. The Bertz CT molecular complexity index is 547. The molecule has 0 spiro atoms. The lowest BCUT2D eigenvalue weighted by atomic mass is 10.1. The average molecular weight is 339 g/mol. The molecule has 1 aromatic rings. The highest BCUT2D eigenvalue weighted by Crippen LogP contribution is 2.28. The van der Waals surface area contributed by atoms with Crippen molar-refractivity contribution in [2.24, 2.45) is 5.16 Å². The first-order valence-electron chi connectivity index (χ1n) is 7.46. The molecule has 6 heteroatoms. The smallest absolute Gasteiger partial charge is 0.125 e. The van der Waals surface area contributed by atoms with Crippen LogP contribution in [0, 0.1) is 13.8 Å². The third kappa shape index (κ3) is 7.32. The number of oxime groups is 1. The molecule has 0 aromatic heterocycles. The number of rotatable bonds is 10. The van der Waals surface area contributed by atoms with Crippen LogP contribution in [0.1, 0.15) is 18.1 Å². The minimum atomic E-state index is -1.00. The largest absolute Gasteiger partial charge is 0.492 e. The first-order chi connectivity index (χ1) is 11.1. The predicted octanol–water partition coefficient (Wildman–Crippen LogP) is 3.02. The summed E-state index contributed by atoms with van der Waals surface area (Å²) in [6.07, 6.45) is 5.41. The Morgan fingerprint density at radius 2 is 1.91 bits per heavy atom. The number of aryl methyl sites for hydroxylation is 2. The van der Waals surface area contributed by atoms with Gasteiger partial charge in [0.15, 0.2) is 0 Å². The van der Waals surface area contributed by atoms with E-state index >= 15 is 0 Å². The van der Waals surface area contributed by atoms with Crippen molar-refractivity contribution in [3.8, 4) is 11.5 Å². The van der Waals surface area contributed by atoms with Crippen LogP contribution in [0.15, 0.2) is 29.4 Å². The summed E-state index contributed by atoms with van der Waals surface area (Å²) in [6.45, 7) is 6.87. The van der Waals surface area contributed by atoms with E-state index in [1.54, 1.807) is 0 Å². The van der Waals surface area contributed by atoms with Crippen molar-refractivity contribution in [1.29, 1.82) is 0 Å². The average Bonchev–Trinajstić information content (AvgIpc) is 2.50. The summed E-state index contributed by atoms with van der Waals surface area (Å²) in [5.74, 6) is 2.47. The summed E-state index contributed by atoms with van der Waals surface area (Å²) < 4.78 is 23.2. The molecule has 0 saturated heterocycles. The Morgan fingerprint density at radius 1 is 1.22 bits per heavy atom. The summed E-state index contributed by atoms with van der Waals surface area (Å²) in [4.78, 5) is 4.53. The van der Waals surface area contributed by atoms with Crippen molar-refractivity contribution in [1.82, 2.24) is 0 Å². The SMILES string of the molecule is C/C=C/COc1cc(C)c(OCCS(=O)C/C=N/OC)c(C)c1. The van der Waals surface area contributed by atoms with Gasteiger partial charge in [0.05, 0.1) is 24.3 Å². The highest BCUT2D eigenvalue weighted by atomic mass is 32.2. The molecule has 0 N–H and O–H groups in total. The van der Waals surface area contributed by atoms with E-state index in [4.69, 9.17) is 9.47 Å². The Hall–Kier alpha value is -1.82. The molecule has 1 rings (SSSR count). The minimum absolute atomic E-state index is 0.368. The van der Waals surface area contributed by atoms with Gasteiger partial charge < -0.3 is 14.3 Å². The Morgan fingerprint density at radius 3 is 2.52 bits per heavy atom. The van der Waals surface area contributed by atoms with Gasteiger partial charge in [0.25, 0.3) is 0 Å². The van der Waals surface area contributed by atoms with Crippen molar-refractivity contribution in [2.45, 2.75) is 20.8 Å². The van der Waals surface area contributed by atoms with Crippen molar-refractivity contribution in [3.05, 3.63) is 35.4 Å². The van der Waals surface area contributed by atoms with Gasteiger partial charge in [0.1, 0.15) is 25.2 Å². The lowest BCUT2D eigenvalue weighted by Crippen LogP contribution is -2.12. The third-order valence-electron chi connectivity index (χ3n) is 3.01. The number of nitrogens with zero attached hydrogens (tertiary/aromatic N) is 1. The Kier molecular flexibility index (Phi) is 9.05. The maximum Gasteiger partial charge on any atom is 0.125 e. The molecule has 128 valence electrons. The Balaban J connectivity index is 2.53. The molecule has 0 fully saturated rings. The predicted molar refractivity (Wildman–Crippen MR) is 95.1 cm³/mol.